The zero-order valence-corrected chi connectivity index (χ0v) is 12.9. The molecule has 0 radical (unpaired) electrons. The quantitative estimate of drug-likeness (QED) is 0.909. The number of aromatic nitrogens is 4. The Morgan fingerprint density at radius 1 is 1.30 bits per heavy atom. The van der Waals surface area contributed by atoms with Gasteiger partial charge < -0.3 is 9.88 Å². The maximum absolute atomic E-state index is 4.71. The molecule has 0 aliphatic rings. The summed E-state index contributed by atoms with van der Waals surface area (Å²) in [7, 11) is 1.98. The topological polar surface area (TPSA) is 55.6 Å². The molecule has 2 aromatic heterocycles. The van der Waals surface area contributed by atoms with Crippen LogP contribution in [0.4, 0.5) is 5.82 Å². The van der Waals surface area contributed by atoms with Crippen LogP contribution >= 0.6 is 0 Å². The lowest BCUT2D eigenvalue weighted by Gasteiger charge is -2.15. The van der Waals surface area contributed by atoms with Crippen molar-refractivity contribution in [2.24, 2.45) is 7.05 Å². The Bertz CT molecular complexity index is 586. The van der Waals surface area contributed by atoms with Crippen molar-refractivity contribution in [1.82, 2.24) is 19.5 Å². The van der Waals surface area contributed by atoms with Gasteiger partial charge in [-0.1, -0.05) is 20.8 Å². The molecule has 5 nitrogen and oxygen atoms in total. The van der Waals surface area contributed by atoms with E-state index < -0.39 is 0 Å². The number of hydrogen-bond donors (Lipinski definition) is 1. The number of hydrogen-bond acceptors (Lipinski definition) is 4. The molecule has 0 spiro atoms. The van der Waals surface area contributed by atoms with Crippen LogP contribution in [0, 0.1) is 6.92 Å². The van der Waals surface area contributed by atoms with Gasteiger partial charge in [0.1, 0.15) is 17.3 Å². The van der Waals surface area contributed by atoms with Gasteiger partial charge in [-0.05, 0) is 13.3 Å². The van der Waals surface area contributed by atoms with Gasteiger partial charge in [-0.3, -0.25) is 0 Å². The number of anilines is 1. The van der Waals surface area contributed by atoms with Crippen molar-refractivity contribution >= 4 is 5.82 Å². The average molecular weight is 273 g/mol. The normalized spacial score (nSPS) is 11.1. The Labute approximate surface area is 120 Å². The molecule has 0 aliphatic heterocycles. The van der Waals surface area contributed by atoms with Crippen molar-refractivity contribution in [3.8, 4) is 11.5 Å². The van der Waals surface area contributed by atoms with E-state index in [-0.39, 0.29) is 5.92 Å². The fourth-order valence-electron chi connectivity index (χ4n) is 2.02. The van der Waals surface area contributed by atoms with Crippen molar-refractivity contribution in [2.45, 2.75) is 40.0 Å². The van der Waals surface area contributed by atoms with Gasteiger partial charge in [0.2, 0.25) is 0 Å². The fourth-order valence-corrected chi connectivity index (χ4v) is 2.02. The first kappa shape index (κ1) is 14.5. The van der Waals surface area contributed by atoms with Crippen molar-refractivity contribution < 1.29 is 0 Å². The lowest BCUT2D eigenvalue weighted by molar-refractivity contribution is 0.768. The van der Waals surface area contributed by atoms with Gasteiger partial charge in [0, 0.05) is 37.5 Å². The summed E-state index contributed by atoms with van der Waals surface area (Å²) in [6.45, 7) is 9.32. The van der Waals surface area contributed by atoms with E-state index in [4.69, 9.17) is 4.98 Å². The van der Waals surface area contributed by atoms with Crippen molar-refractivity contribution in [3.63, 3.8) is 0 Å². The van der Waals surface area contributed by atoms with Gasteiger partial charge in [0.15, 0.2) is 5.82 Å². The summed E-state index contributed by atoms with van der Waals surface area (Å²) < 4.78 is 1.99. The molecule has 0 aliphatic carbocycles. The molecule has 20 heavy (non-hydrogen) atoms. The molecule has 5 heteroatoms. The molecule has 1 N–H and O–H groups in total. The van der Waals surface area contributed by atoms with E-state index >= 15 is 0 Å². The highest BCUT2D eigenvalue weighted by Crippen LogP contribution is 2.26. The molecular weight excluding hydrogens is 250 g/mol. The Morgan fingerprint density at radius 2 is 2.05 bits per heavy atom. The third-order valence-corrected chi connectivity index (χ3v) is 3.25. The number of imidazole rings is 1. The molecule has 0 saturated heterocycles. The summed E-state index contributed by atoms with van der Waals surface area (Å²) in [4.78, 5) is 13.8. The fraction of sp³-hybridized carbons (Fsp3) is 0.533. The lowest BCUT2D eigenvalue weighted by Crippen LogP contribution is -2.11. The first-order valence-electron chi connectivity index (χ1n) is 7.14. The summed E-state index contributed by atoms with van der Waals surface area (Å²) in [6, 6.07) is 0. The predicted octanol–water partition coefficient (Wildman–Crippen LogP) is 3.13. The smallest absolute Gasteiger partial charge is 0.158 e. The largest absolute Gasteiger partial charge is 0.370 e. The third-order valence-electron chi connectivity index (χ3n) is 3.25. The van der Waals surface area contributed by atoms with E-state index in [2.05, 4.69) is 36.1 Å². The zero-order valence-electron chi connectivity index (χ0n) is 12.9. The molecule has 0 saturated carbocycles. The van der Waals surface area contributed by atoms with Crippen molar-refractivity contribution in [1.29, 1.82) is 0 Å². The zero-order chi connectivity index (χ0) is 14.7. The number of aryl methyl sites for hydroxylation is 1. The van der Waals surface area contributed by atoms with Gasteiger partial charge in [-0.25, -0.2) is 15.0 Å². The van der Waals surface area contributed by atoms with E-state index in [1.54, 1.807) is 6.20 Å². The van der Waals surface area contributed by atoms with E-state index in [0.717, 1.165) is 41.7 Å². The monoisotopic (exact) mass is 273 g/mol. The summed E-state index contributed by atoms with van der Waals surface area (Å²) >= 11 is 0. The Morgan fingerprint density at radius 3 is 2.60 bits per heavy atom. The first-order valence-corrected chi connectivity index (χ1v) is 7.14. The average Bonchev–Trinajstić information content (AvgIpc) is 2.83. The molecule has 0 aromatic carbocycles. The summed E-state index contributed by atoms with van der Waals surface area (Å²) in [6.07, 6.45) is 4.80. The van der Waals surface area contributed by atoms with Crippen LogP contribution < -0.4 is 5.32 Å². The third kappa shape index (κ3) is 2.81. The van der Waals surface area contributed by atoms with Gasteiger partial charge >= 0.3 is 0 Å². The second-order valence-electron chi connectivity index (χ2n) is 5.35. The molecule has 0 bridgehead atoms. The van der Waals surface area contributed by atoms with Crippen LogP contribution in [0.5, 0.6) is 0 Å². The maximum atomic E-state index is 4.71. The lowest BCUT2D eigenvalue weighted by atomic mass is 10.1. The highest BCUT2D eigenvalue weighted by molar-refractivity contribution is 5.63. The molecule has 108 valence electrons. The summed E-state index contributed by atoms with van der Waals surface area (Å²) in [5.74, 6) is 2.94. The number of rotatable bonds is 5. The minimum Gasteiger partial charge on any atom is -0.370 e. The van der Waals surface area contributed by atoms with Crippen LogP contribution in [0.25, 0.3) is 11.5 Å². The van der Waals surface area contributed by atoms with Crippen molar-refractivity contribution in [3.05, 3.63) is 23.8 Å². The van der Waals surface area contributed by atoms with Crippen LogP contribution in [-0.4, -0.2) is 26.1 Å². The summed E-state index contributed by atoms with van der Waals surface area (Å²) in [5, 5.41) is 3.39. The van der Waals surface area contributed by atoms with Gasteiger partial charge in [-0.15, -0.1) is 0 Å². The summed E-state index contributed by atoms with van der Waals surface area (Å²) in [5.41, 5.74) is 1.96. The predicted molar refractivity (Wildman–Crippen MR) is 81.8 cm³/mol. The maximum Gasteiger partial charge on any atom is 0.158 e. The molecule has 0 amide bonds. The van der Waals surface area contributed by atoms with E-state index in [1.165, 1.54) is 0 Å². The minimum absolute atomic E-state index is 0.289. The molecule has 0 fully saturated rings. The molecule has 2 rings (SSSR count). The Balaban J connectivity index is 2.55. The van der Waals surface area contributed by atoms with Crippen LogP contribution in [0.2, 0.25) is 0 Å². The van der Waals surface area contributed by atoms with Gasteiger partial charge in [0.05, 0.1) is 0 Å². The molecule has 0 atom stereocenters. The number of nitrogens with zero attached hydrogens (tertiary/aromatic N) is 4. The SMILES string of the molecule is CCCNc1nc(C(C)C)nc(-c2nccn2C)c1C. The first-order chi connectivity index (χ1) is 9.54. The second-order valence-corrected chi connectivity index (χ2v) is 5.35. The van der Waals surface area contributed by atoms with Gasteiger partial charge in [-0.2, -0.15) is 0 Å². The van der Waals surface area contributed by atoms with Crippen molar-refractivity contribution in [2.75, 3.05) is 11.9 Å². The Kier molecular flexibility index (Phi) is 4.37. The van der Waals surface area contributed by atoms with Gasteiger partial charge in [0.25, 0.3) is 0 Å². The van der Waals surface area contributed by atoms with Crippen LogP contribution in [-0.2, 0) is 7.05 Å². The van der Waals surface area contributed by atoms with E-state index in [1.807, 2.05) is 24.7 Å². The number of nitrogens with one attached hydrogen (secondary N) is 1. The standard InChI is InChI=1S/C15H23N5/c1-6-7-16-14-11(4)12(15-17-8-9-20(15)5)18-13(19-14)10(2)3/h8-10H,6-7H2,1-5H3,(H,16,18,19). The molecule has 2 aromatic rings. The molecule has 0 unspecified atom stereocenters. The van der Waals surface area contributed by atoms with Crippen LogP contribution in [0.3, 0.4) is 0 Å². The van der Waals surface area contributed by atoms with Crippen LogP contribution in [0.1, 0.15) is 44.5 Å². The highest BCUT2D eigenvalue weighted by Gasteiger charge is 2.16. The van der Waals surface area contributed by atoms with E-state index in [0.29, 0.717) is 0 Å². The van der Waals surface area contributed by atoms with E-state index in [9.17, 15) is 0 Å². The molecular formula is C15H23N5. The molecule has 2 heterocycles. The minimum atomic E-state index is 0.289. The van der Waals surface area contributed by atoms with Crippen LogP contribution in [0.15, 0.2) is 12.4 Å². The highest BCUT2D eigenvalue weighted by atomic mass is 15.1. The second kappa shape index (κ2) is 6.03. The Hall–Kier alpha value is -1.91.